The standard InChI is InChI=1S/C11H15ClN2O/c1-15-11-8(5-6-10(12)14-11)9-4-2-3-7-13-9/h5-6,9,13H,2-4,7H2,1H3. The second-order valence-corrected chi connectivity index (χ2v) is 4.12. The molecule has 1 aliphatic rings. The number of methoxy groups -OCH3 is 1. The van der Waals surface area contributed by atoms with Gasteiger partial charge in [-0.25, -0.2) is 4.98 Å². The van der Waals surface area contributed by atoms with Crippen LogP contribution in [-0.4, -0.2) is 18.6 Å². The van der Waals surface area contributed by atoms with Gasteiger partial charge in [-0.15, -0.1) is 0 Å². The minimum atomic E-state index is 0.360. The summed E-state index contributed by atoms with van der Waals surface area (Å²) in [7, 11) is 1.63. The number of nitrogens with zero attached hydrogens (tertiary/aromatic N) is 1. The molecule has 0 saturated carbocycles. The van der Waals surface area contributed by atoms with Gasteiger partial charge in [0.25, 0.3) is 0 Å². The zero-order valence-corrected chi connectivity index (χ0v) is 9.55. The van der Waals surface area contributed by atoms with Crippen LogP contribution in [0.3, 0.4) is 0 Å². The van der Waals surface area contributed by atoms with E-state index in [1.165, 1.54) is 12.8 Å². The second kappa shape index (κ2) is 4.81. The van der Waals surface area contributed by atoms with Crippen LogP contribution in [0, 0.1) is 0 Å². The first kappa shape index (κ1) is 10.7. The van der Waals surface area contributed by atoms with Crippen LogP contribution in [0.2, 0.25) is 5.15 Å². The molecule has 0 spiro atoms. The minimum absolute atomic E-state index is 0.360. The fourth-order valence-corrected chi connectivity index (χ4v) is 2.11. The highest BCUT2D eigenvalue weighted by Gasteiger charge is 2.19. The monoisotopic (exact) mass is 226 g/mol. The lowest BCUT2D eigenvalue weighted by atomic mass is 9.98. The first-order chi connectivity index (χ1) is 7.31. The summed E-state index contributed by atoms with van der Waals surface area (Å²) in [6.07, 6.45) is 3.64. The van der Waals surface area contributed by atoms with Gasteiger partial charge in [0.1, 0.15) is 5.15 Å². The van der Waals surface area contributed by atoms with Crippen LogP contribution in [-0.2, 0) is 0 Å². The summed E-state index contributed by atoms with van der Waals surface area (Å²) in [5.74, 6) is 0.641. The summed E-state index contributed by atoms with van der Waals surface area (Å²) in [6, 6.07) is 4.17. The van der Waals surface area contributed by atoms with Crippen LogP contribution < -0.4 is 10.1 Å². The lowest BCUT2D eigenvalue weighted by molar-refractivity contribution is 0.362. The van der Waals surface area contributed by atoms with Crippen molar-refractivity contribution in [2.75, 3.05) is 13.7 Å². The van der Waals surface area contributed by atoms with Gasteiger partial charge in [-0.3, -0.25) is 0 Å². The van der Waals surface area contributed by atoms with E-state index in [-0.39, 0.29) is 0 Å². The molecule has 2 rings (SSSR count). The van der Waals surface area contributed by atoms with Crippen LogP contribution in [0.1, 0.15) is 30.9 Å². The highest BCUT2D eigenvalue weighted by molar-refractivity contribution is 6.29. The van der Waals surface area contributed by atoms with E-state index in [2.05, 4.69) is 10.3 Å². The Kier molecular flexibility index (Phi) is 3.44. The molecule has 1 unspecified atom stereocenters. The van der Waals surface area contributed by atoms with E-state index in [0.717, 1.165) is 18.5 Å². The summed E-state index contributed by atoms with van der Waals surface area (Å²) in [4.78, 5) is 4.17. The van der Waals surface area contributed by atoms with E-state index in [1.807, 2.05) is 12.1 Å². The number of pyridine rings is 1. The molecule has 0 aliphatic carbocycles. The van der Waals surface area contributed by atoms with Crippen molar-refractivity contribution in [3.63, 3.8) is 0 Å². The van der Waals surface area contributed by atoms with Crippen LogP contribution in [0.4, 0.5) is 0 Å². The molecule has 1 atom stereocenters. The number of aromatic nitrogens is 1. The van der Waals surface area contributed by atoms with Gasteiger partial charge in [-0.2, -0.15) is 0 Å². The average molecular weight is 227 g/mol. The maximum absolute atomic E-state index is 5.82. The van der Waals surface area contributed by atoms with E-state index in [4.69, 9.17) is 16.3 Å². The van der Waals surface area contributed by atoms with Crippen molar-refractivity contribution >= 4 is 11.6 Å². The Morgan fingerprint density at radius 2 is 2.33 bits per heavy atom. The third-order valence-corrected chi connectivity index (χ3v) is 2.95. The number of hydrogen-bond donors (Lipinski definition) is 1. The molecule has 0 radical (unpaired) electrons. The predicted octanol–water partition coefficient (Wildman–Crippen LogP) is 2.56. The molecule has 3 nitrogen and oxygen atoms in total. The van der Waals surface area contributed by atoms with Crippen molar-refractivity contribution in [1.82, 2.24) is 10.3 Å². The molecule has 1 aromatic heterocycles. The summed E-state index contributed by atoms with van der Waals surface area (Å²) in [5, 5.41) is 3.94. The van der Waals surface area contributed by atoms with Crippen molar-refractivity contribution in [3.05, 3.63) is 22.8 Å². The van der Waals surface area contributed by atoms with E-state index >= 15 is 0 Å². The van der Waals surface area contributed by atoms with E-state index in [9.17, 15) is 0 Å². The molecular weight excluding hydrogens is 212 g/mol. The van der Waals surface area contributed by atoms with Crippen molar-refractivity contribution in [1.29, 1.82) is 0 Å². The Morgan fingerprint density at radius 1 is 1.47 bits per heavy atom. The van der Waals surface area contributed by atoms with Crippen molar-refractivity contribution < 1.29 is 4.74 Å². The number of ether oxygens (including phenoxy) is 1. The molecule has 0 amide bonds. The van der Waals surface area contributed by atoms with Gasteiger partial charge >= 0.3 is 0 Å². The largest absolute Gasteiger partial charge is 0.481 e. The molecular formula is C11H15ClN2O. The van der Waals surface area contributed by atoms with E-state index in [0.29, 0.717) is 17.1 Å². The molecule has 0 aromatic carbocycles. The average Bonchev–Trinajstić information content (AvgIpc) is 2.30. The third-order valence-electron chi connectivity index (χ3n) is 2.73. The van der Waals surface area contributed by atoms with Gasteiger partial charge in [0.15, 0.2) is 0 Å². The predicted molar refractivity (Wildman–Crippen MR) is 60.4 cm³/mol. The maximum Gasteiger partial charge on any atom is 0.219 e. The minimum Gasteiger partial charge on any atom is -0.481 e. The molecule has 1 fully saturated rings. The Morgan fingerprint density at radius 3 is 3.00 bits per heavy atom. The molecule has 1 saturated heterocycles. The summed E-state index contributed by atoms with van der Waals surface area (Å²) < 4.78 is 5.24. The maximum atomic E-state index is 5.82. The quantitative estimate of drug-likeness (QED) is 0.787. The first-order valence-corrected chi connectivity index (χ1v) is 5.63. The van der Waals surface area contributed by atoms with Crippen molar-refractivity contribution in [2.24, 2.45) is 0 Å². The fraction of sp³-hybridized carbons (Fsp3) is 0.545. The number of piperidine rings is 1. The lowest BCUT2D eigenvalue weighted by Crippen LogP contribution is -2.27. The summed E-state index contributed by atoms with van der Waals surface area (Å²) >= 11 is 5.82. The van der Waals surface area contributed by atoms with Gasteiger partial charge in [-0.1, -0.05) is 18.0 Å². The Bertz CT molecular complexity index is 337. The Balaban J connectivity index is 2.25. The van der Waals surface area contributed by atoms with Crippen LogP contribution in [0.15, 0.2) is 12.1 Å². The second-order valence-electron chi connectivity index (χ2n) is 3.73. The van der Waals surface area contributed by atoms with Gasteiger partial charge in [0, 0.05) is 11.6 Å². The Labute approximate surface area is 94.8 Å². The highest BCUT2D eigenvalue weighted by atomic mass is 35.5. The third kappa shape index (κ3) is 2.41. The van der Waals surface area contributed by atoms with Gasteiger partial charge in [-0.05, 0) is 31.5 Å². The molecule has 1 N–H and O–H groups in total. The summed E-state index contributed by atoms with van der Waals surface area (Å²) in [5.41, 5.74) is 1.11. The number of hydrogen-bond acceptors (Lipinski definition) is 3. The molecule has 2 heterocycles. The Hall–Kier alpha value is -0.800. The van der Waals surface area contributed by atoms with Gasteiger partial charge in [0.05, 0.1) is 7.11 Å². The van der Waals surface area contributed by atoms with Crippen LogP contribution in [0.5, 0.6) is 5.88 Å². The molecule has 4 heteroatoms. The zero-order valence-electron chi connectivity index (χ0n) is 8.79. The van der Waals surface area contributed by atoms with Crippen molar-refractivity contribution in [3.8, 4) is 5.88 Å². The SMILES string of the molecule is COc1nc(Cl)ccc1C1CCCCN1. The molecule has 82 valence electrons. The number of halogens is 1. The normalized spacial score (nSPS) is 21.3. The van der Waals surface area contributed by atoms with E-state index < -0.39 is 0 Å². The smallest absolute Gasteiger partial charge is 0.219 e. The molecule has 1 aromatic rings. The topological polar surface area (TPSA) is 34.1 Å². The molecule has 1 aliphatic heterocycles. The van der Waals surface area contributed by atoms with Crippen LogP contribution >= 0.6 is 11.6 Å². The number of rotatable bonds is 2. The first-order valence-electron chi connectivity index (χ1n) is 5.25. The highest BCUT2D eigenvalue weighted by Crippen LogP contribution is 2.29. The zero-order chi connectivity index (χ0) is 10.7. The molecule has 0 bridgehead atoms. The van der Waals surface area contributed by atoms with Gasteiger partial charge in [0.2, 0.25) is 5.88 Å². The lowest BCUT2D eigenvalue weighted by Gasteiger charge is -2.24. The summed E-state index contributed by atoms with van der Waals surface area (Å²) in [6.45, 7) is 1.07. The van der Waals surface area contributed by atoms with E-state index in [1.54, 1.807) is 7.11 Å². The molecule has 15 heavy (non-hydrogen) atoms. The van der Waals surface area contributed by atoms with Crippen molar-refractivity contribution in [2.45, 2.75) is 25.3 Å². The van der Waals surface area contributed by atoms with Gasteiger partial charge < -0.3 is 10.1 Å². The number of nitrogens with one attached hydrogen (secondary N) is 1. The van der Waals surface area contributed by atoms with Crippen LogP contribution in [0.25, 0.3) is 0 Å². The fourth-order valence-electron chi connectivity index (χ4n) is 1.97.